The lowest BCUT2D eigenvalue weighted by atomic mass is 9.81. The SMILES string of the molecule is COc1ccc(NC(=O)Cn2c3c(sc2=O)[C@@H](c2ccc(C(C)(C)C)cc2)[C@@H]2C(=O)N(c4ccc(Cl)cc4)C(=O)[C@@H]2S3)cc1. The second-order valence-corrected chi connectivity index (χ2v) is 14.4. The van der Waals surface area contributed by atoms with E-state index in [-0.39, 0.29) is 34.6 Å². The lowest BCUT2D eigenvalue weighted by Gasteiger charge is -2.31. The average molecular weight is 648 g/mol. The van der Waals surface area contributed by atoms with Crippen molar-refractivity contribution in [3.05, 3.63) is 103 Å². The third kappa shape index (κ3) is 5.46. The zero-order valence-electron chi connectivity index (χ0n) is 24.5. The highest BCUT2D eigenvalue weighted by atomic mass is 35.5. The second kappa shape index (κ2) is 11.6. The van der Waals surface area contributed by atoms with Crippen molar-refractivity contribution in [1.29, 1.82) is 0 Å². The molecule has 0 radical (unpaired) electrons. The Morgan fingerprint density at radius 1 is 0.932 bits per heavy atom. The quantitative estimate of drug-likeness (QED) is 0.247. The van der Waals surface area contributed by atoms with Crippen LogP contribution in [0.1, 0.15) is 42.7 Å². The lowest BCUT2D eigenvalue weighted by molar-refractivity contribution is -0.122. The number of benzene rings is 3. The number of thioether (sulfide) groups is 1. The maximum Gasteiger partial charge on any atom is 0.308 e. The van der Waals surface area contributed by atoms with Crippen LogP contribution in [0.15, 0.2) is 82.6 Å². The Labute approximate surface area is 268 Å². The number of nitrogens with zero attached hydrogens (tertiary/aromatic N) is 2. The van der Waals surface area contributed by atoms with Crippen LogP contribution in [-0.2, 0) is 26.3 Å². The number of ether oxygens (including phenoxy) is 1. The molecule has 226 valence electrons. The predicted octanol–water partition coefficient (Wildman–Crippen LogP) is 6.30. The Bertz CT molecular complexity index is 1810. The van der Waals surface area contributed by atoms with Crippen molar-refractivity contribution in [3.63, 3.8) is 0 Å². The normalized spacial score (nSPS) is 19.5. The van der Waals surface area contributed by atoms with Crippen molar-refractivity contribution >= 4 is 63.8 Å². The van der Waals surface area contributed by atoms with Crippen LogP contribution in [0.5, 0.6) is 5.75 Å². The fraction of sp³-hybridized carbons (Fsp3) is 0.273. The number of aromatic nitrogens is 1. The van der Waals surface area contributed by atoms with Crippen LogP contribution in [0.25, 0.3) is 0 Å². The summed E-state index contributed by atoms with van der Waals surface area (Å²) in [7, 11) is 1.56. The molecule has 2 aliphatic rings. The van der Waals surface area contributed by atoms with Gasteiger partial charge in [-0.2, -0.15) is 0 Å². The first-order chi connectivity index (χ1) is 21.0. The zero-order valence-corrected chi connectivity index (χ0v) is 26.9. The van der Waals surface area contributed by atoms with Gasteiger partial charge in [-0.1, -0.05) is 79.7 Å². The molecule has 0 saturated carbocycles. The number of hydrogen-bond donors (Lipinski definition) is 1. The van der Waals surface area contributed by atoms with Gasteiger partial charge in [-0.15, -0.1) is 0 Å². The lowest BCUT2D eigenvalue weighted by Crippen LogP contribution is -2.33. The number of anilines is 2. The second-order valence-electron chi connectivity index (χ2n) is 11.8. The number of halogens is 1. The van der Waals surface area contributed by atoms with Gasteiger partial charge in [0.1, 0.15) is 17.5 Å². The van der Waals surface area contributed by atoms with Crippen molar-refractivity contribution in [2.24, 2.45) is 5.92 Å². The summed E-state index contributed by atoms with van der Waals surface area (Å²) in [5, 5.41) is 3.08. The van der Waals surface area contributed by atoms with Crippen molar-refractivity contribution in [3.8, 4) is 5.75 Å². The molecule has 8 nitrogen and oxygen atoms in total. The summed E-state index contributed by atoms with van der Waals surface area (Å²) in [5.74, 6) is -1.68. The Hall–Kier alpha value is -3.86. The van der Waals surface area contributed by atoms with E-state index >= 15 is 0 Å². The molecule has 0 unspecified atom stereocenters. The largest absolute Gasteiger partial charge is 0.497 e. The fourth-order valence-corrected chi connectivity index (χ4v) is 8.57. The van der Waals surface area contributed by atoms with Gasteiger partial charge in [0, 0.05) is 21.5 Å². The molecule has 11 heteroatoms. The Morgan fingerprint density at radius 3 is 2.20 bits per heavy atom. The third-order valence-electron chi connectivity index (χ3n) is 7.95. The number of methoxy groups -OCH3 is 1. The van der Waals surface area contributed by atoms with Gasteiger partial charge in [-0.05, 0) is 65.1 Å². The smallest absolute Gasteiger partial charge is 0.308 e. The first kappa shape index (κ1) is 30.2. The van der Waals surface area contributed by atoms with E-state index in [2.05, 4.69) is 26.1 Å². The summed E-state index contributed by atoms with van der Waals surface area (Å²) < 4.78 is 6.59. The van der Waals surface area contributed by atoms with Crippen molar-refractivity contribution in [2.45, 2.75) is 48.9 Å². The van der Waals surface area contributed by atoms with E-state index < -0.39 is 17.1 Å². The fourth-order valence-electron chi connectivity index (χ4n) is 5.67. The topological polar surface area (TPSA) is 97.7 Å². The van der Waals surface area contributed by atoms with Crippen molar-refractivity contribution < 1.29 is 19.1 Å². The summed E-state index contributed by atoms with van der Waals surface area (Å²) in [6.45, 7) is 6.14. The highest BCUT2D eigenvalue weighted by Crippen LogP contribution is 2.54. The highest BCUT2D eigenvalue weighted by molar-refractivity contribution is 8.00. The molecule has 0 spiro atoms. The van der Waals surface area contributed by atoms with Crippen LogP contribution in [0.3, 0.4) is 0 Å². The van der Waals surface area contributed by atoms with Gasteiger partial charge >= 0.3 is 4.87 Å². The molecule has 1 saturated heterocycles. The Balaban J connectivity index is 1.40. The molecule has 3 heterocycles. The van der Waals surface area contributed by atoms with Gasteiger partial charge in [0.05, 0.1) is 23.7 Å². The maximum absolute atomic E-state index is 14.1. The minimum Gasteiger partial charge on any atom is -0.497 e. The standard InChI is InChI=1S/C33H30ClN3O5S2/c1-33(2,3)19-7-5-18(6-8-19)25-26-27(30(40)37(29(26)39)22-13-9-20(34)10-14-22)43-31-28(25)44-32(41)36(31)17-24(38)35-21-11-15-23(42-4)16-12-21/h5-16,25-27H,17H2,1-4H3,(H,35,38)/t25-,26-,27+/m0/s1. The minimum atomic E-state index is -0.775. The number of imide groups is 1. The summed E-state index contributed by atoms with van der Waals surface area (Å²) in [6, 6.07) is 21.5. The predicted molar refractivity (Wildman–Crippen MR) is 174 cm³/mol. The van der Waals surface area contributed by atoms with Crippen LogP contribution in [0.2, 0.25) is 5.02 Å². The average Bonchev–Trinajstić information content (AvgIpc) is 3.43. The van der Waals surface area contributed by atoms with E-state index in [1.54, 1.807) is 55.6 Å². The van der Waals surface area contributed by atoms with Crippen molar-refractivity contribution in [1.82, 2.24) is 4.57 Å². The number of nitrogens with one attached hydrogen (secondary N) is 1. The number of carbonyl (C=O) groups excluding carboxylic acids is 3. The molecule has 4 aromatic rings. The van der Waals surface area contributed by atoms with Gasteiger partial charge in [-0.25, -0.2) is 4.90 Å². The molecular weight excluding hydrogens is 618 g/mol. The molecule has 2 aliphatic heterocycles. The molecule has 1 fully saturated rings. The van der Waals surface area contributed by atoms with Crippen LogP contribution in [-0.4, -0.2) is 34.6 Å². The Morgan fingerprint density at radius 2 is 1.59 bits per heavy atom. The van der Waals surface area contributed by atoms with Gasteiger partial charge in [-0.3, -0.25) is 23.7 Å². The number of fused-ring (bicyclic) bond motifs is 2. The van der Waals surface area contributed by atoms with E-state index in [0.717, 1.165) is 22.5 Å². The van der Waals surface area contributed by atoms with Crippen LogP contribution in [0, 0.1) is 5.92 Å². The van der Waals surface area contributed by atoms with E-state index in [1.807, 2.05) is 24.3 Å². The molecule has 3 atom stereocenters. The van der Waals surface area contributed by atoms with E-state index in [9.17, 15) is 19.2 Å². The van der Waals surface area contributed by atoms with Gasteiger partial charge in [0.15, 0.2) is 0 Å². The van der Waals surface area contributed by atoms with E-state index in [1.165, 1.54) is 21.2 Å². The van der Waals surface area contributed by atoms with E-state index in [0.29, 0.717) is 32.1 Å². The summed E-state index contributed by atoms with van der Waals surface area (Å²) in [6.07, 6.45) is 0. The maximum atomic E-state index is 14.1. The monoisotopic (exact) mass is 647 g/mol. The number of rotatable bonds is 6. The molecule has 0 aliphatic carbocycles. The first-order valence-corrected chi connectivity index (χ1v) is 16.1. The molecular formula is C33H30ClN3O5S2. The number of hydrogen-bond acceptors (Lipinski definition) is 7. The molecule has 3 aromatic carbocycles. The summed E-state index contributed by atoms with van der Waals surface area (Å²) in [5.41, 5.74) is 2.89. The number of amides is 3. The van der Waals surface area contributed by atoms with E-state index in [4.69, 9.17) is 16.3 Å². The third-order valence-corrected chi connectivity index (χ3v) is 10.8. The Kier molecular flexibility index (Phi) is 7.94. The van der Waals surface area contributed by atoms with Gasteiger partial charge < -0.3 is 10.1 Å². The molecule has 0 bridgehead atoms. The molecule has 44 heavy (non-hydrogen) atoms. The molecule has 1 N–H and O–H groups in total. The van der Waals surface area contributed by atoms with Crippen LogP contribution >= 0.6 is 34.7 Å². The molecule has 6 rings (SSSR count). The molecule has 3 amide bonds. The number of carbonyl (C=O) groups is 3. The summed E-state index contributed by atoms with van der Waals surface area (Å²) >= 11 is 8.29. The van der Waals surface area contributed by atoms with Crippen LogP contribution < -0.4 is 19.8 Å². The van der Waals surface area contributed by atoms with Crippen LogP contribution in [0.4, 0.5) is 11.4 Å². The number of thiazole rings is 1. The summed E-state index contributed by atoms with van der Waals surface area (Å²) in [4.78, 5) is 56.1. The van der Waals surface area contributed by atoms with Crippen molar-refractivity contribution in [2.75, 3.05) is 17.3 Å². The minimum absolute atomic E-state index is 0.0788. The molecule has 1 aromatic heterocycles. The highest BCUT2D eigenvalue weighted by Gasteiger charge is 2.56. The first-order valence-electron chi connectivity index (χ1n) is 14.0. The zero-order chi connectivity index (χ0) is 31.3. The van der Waals surface area contributed by atoms with Gasteiger partial charge in [0.2, 0.25) is 17.7 Å². The van der Waals surface area contributed by atoms with Gasteiger partial charge in [0.25, 0.3) is 0 Å².